The number of benzene rings is 3. The van der Waals surface area contributed by atoms with Gasteiger partial charge in [0.05, 0.1) is 9.35 Å². The Kier molecular flexibility index (Phi) is 8.22. The minimum atomic E-state index is -2.12. The SMILES string of the molecule is [2H]C([2H])(c1ccccc1OCCCCCC(=O)O)N(C(=O)c1ccc(-c2ccccc2)cc1)C(C)C. The van der Waals surface area contributed by atoms with Gasteiger partial charge >= 0.3 is 5.97 Å². The Morgan fingerprint density at radius 2 is 1.53 bits per heavy atom. The van der Waals surface area contributed by atoms with Gasteiger partial charge in [0.1, 0.15) is 5.75 Å². The van der Waals surface area contributed by atoms with Gasteiger partial charge in [0, 0.05) is 30.1 Å². The van der Waals surface area contributed by atoms with Crippen molar-refractivity contribution in [1.82, 2.24) is 4.90 Å². The number of hydrogen-bond acceptors (Lipinski definition) is 3. The Morgan fingerprint density at radius 3 is 2.21 bits per heavy atom. The predicted octanol–water partition coefficient (Wildman–Crippen LogP) is 6.43. The molecule has 34 heavy (non-hydrogen) atoms. The number of ether oxygens (including phenoxy) is 1. The molecular weight excluding hydrogens is 426 g/mol. The number of para-hydroxylation sites is 1. The molecule has 0 heterocycles. The Labute approximate surface area is 204 Å². The van der Waals surface area contributed by atoms with Gasteiger partial charge < -0.3 is 14.7 Å². The van der Waals surface area contributed by atoms with Gasteiger partial charge in [-0.3, -0.25) is 9.59 Å². The average molecular weight is 462 g/mol. The molecule has 0 atom stereocenters. The van der Waals surface area contributed by atoms with Gasteiger partial charge in [-0.1, -0.05) is 60.7 Å². The van der Waals surface area contributed by atoms with Crippen LogP contribution in [0.1, 0.15) is 58.2 Å². The number of carboxylic acid groups (broad SMARTS) is 1. The summed E-state index contributed by atoms with van der Waals surface area (Å²) in [6.07, 6.45) is 2.05. The zero-order valence-electron chi connectivity index (χ0n) is 21.7. The lowest BCUT2D eigenvalue weighted by Gasteiger charge is -2.28. The van der Waals surface area contributed by atoms with Crippen LogP contribution < -0.4 is 4.74 Å². The van der Waals surface area contributed by atoms with Gasteiger partial charge in [-0.05, 0) is 62.4 Å². The van der Waals surface area contributed by atoms with E-state index in [0.29, 0.717) is 37.2 Å². The lowest BCUT2D eigenvalue weighted by Crippen LogP contribution is -2.36. The molecule has 3 aromatic carbocycles. The lowest BCUT2D eigenvalue weighted by atomic mass is 10.0. The van der Waals surface area contributed by atoms with E-state index in [1.54, 1.807) is 50.2 Å². The third-order valence-corrected chi connectivity index (χ3v) is 5.39. The van der Waals surface area contributed by atoms with Crippen LogP contribution in [0.4, 0.5) is 0 Å². The van der Waals surface area contributed by atoms with E-state index < -0.39 is 24.4 Å². The second-order valence-electron chi connectivity index (χ2n) is 8.37. The van der Waals surface area contributed by atoms with Crippen molar-refractivity contribution in [2.24, 2.45) is 0 Å². The van der Waals surface area contributed by atoms with E-state index in [4.69, 9.17) is 12.6 Å². The molecule has 178 valence electrons. The first-order valence-corrected chi connectivity index (χ1v) is 11.6. The first-order valence-electron chi connectivity index (χ1n) is 12.6. The van der Waals surface area contributed by atoms with Crippen LogP contribution >= 0.6 is 0 Å². The van der Waals surface area contributed by atoms with Gasteiger partial charge in [0.2, 0.25) is 0 Å². The molecule has 0 saturated carbocycles. The maximum absolute atomic E-state index is 13.5. The molecule has 1 N–H and O–H groups in total. The van der Waals surface area contributed by atoms with Crippen molar-refractivity contribution in [2.45, 2.75) is 52.1 Å². The van der Waals surface area contributed by atoms with Crippen molar-refractivity contribution in [3.63, 3.8) is 0 Å². The highest BCUT2D eigenvalue weighted by Gasteiger charge is 2.20. The third-order valence-electron chi connectivity index (χ3n) is 5.39. The molecule has 0 saturated heterocycles. The first kappa shape index (κ1) is 22.2. The first-order chi connectivity index (χ1) is 17.2. The van der Waals surface area contributed by atoms with E-state index in [2.05, 4.69) is 0 Å². The van der Waals surface area contributed by atoms with Crippen LogP contribution in [0.25, 0.3) is 11.1 Å². The van der Waals surface area contributed by atoms with E-state index in [9.17, 15) is 9.59 Å². The zero-order valence-corrected chi connectivity index (χ0v) is 19.7. The Balaban J connectivity index is 1.78. The number of hydrogen-bond donors (Lipinski definition) is 1. The molecule has 3 rings (SSSR count). The number of aliphatic carboxylic acids is 1. The summed E-state index contributed by atoms with van der Waals surface area (Å²) in [5.41, 5.74) is 2.71. The molecule has 1 amide bonds. The highest BCUT2D eigenvalue weighted by atomic mass is 16.5. The number of unbranched alkanes of at least 4 members (excludes halogenated alkanes) is 2. The normalized spacial score (nSPS) is 12.1. The van der Waals surface area contributed by atoms with Crippen molar-refractivity contribution in [1.29, 1.82) is 0 Å². The molecule has 5 heteroatoms. The van der Waals surface area contributed by atoms with Crippen molar-refractivity contribution >= 4 is 11.9 Å². The number of rotatable bonds is 12. The minimum absolute atomic E-state index is 0.122. The second-order valence-corrected chi connectivity index (χ2v) is 8.37. The summed E-state index contributed by atoms with van der Waals surface area (Å²) in [7, 11) is 0. The summed E-state index contributed by atoms with van der Waals surface area (Å²) in [5.74, 6) is -0.848. The minimum Gasteiger partial charge on any atom is -0.493 e. The van der Waals surface area contributed by atoms with Crippen LogP contribution in [0.3, 0.4) is 0 Å². The second kappa shape index (κ2) is 12.6. The molecule has 0 aliphatic rings. The van der Waals surface area contributed by atoms with Gasteiger partial charge in [-0.25, -0.2) is 0 Å². The molecule has 0 bridgehead atoms. The summed E-state index contributed by atoms with van der Waals surface area (Å²) < 4.78 is 23.8. The van der Waals surface area contributed by atoms with E-state index in [1.807, 2.05) is 42.5 Å². The fourth-order valence-corrected chi connectivity index (χ4v) is 3.54. The molecule has 5 nitrogen and oxygen atoms in total. The van der Waals surface area contributed by atoms with Crippen molar-refractivity contribution < 1.29 is 22.2 Å². The molecule has 0 spiro atoms. The van der Waals surface area contributed by atoms with Crippen LogP contribution in [-0.4, -0.2) is 34.5 Å². The van der Waals surface area contributed by atoms with E-state index in [-0.39, 0.29) is 12.0 Å². The highest BCUT2D eigenvalue weighted by Crippen LogP contribution is 2.24. The summed E-state index contributed by atoms with van der Waals surface area (Å²) in [4.78, 5) is 25.5. The van der Waals surface area contributed by atoms with Crippen LogP contribution in [0.5, 0.6) is 5.75 Å². The summed E-state index contributed by atoms with van der Waals surface area (Å²) >= 11 is 0. The van der Waals surface area contributed by atoms with Crippen LogP contribution in [0.15, 0.2) is 78.9 Å². The number of amides is 1. The largest absolute Gasteiger partial charge is 0.493 e. The maximum Gasteiger partial charge on any atom is 0.303 e. The topological polar surface area (TPSA) is 66.8 Å². The molecule has 3 aromatic rings. The number of carboxylic acids is 1. The van der Waals surface area contributed by atoms with Crippen LogP contribution in [0.2, 0.25) is 0 Å². The number of nitrogens with zero attached hydrogens (tertiary/aromatic N) is 1. The molecule has 0 unspecified atom stereocenters. The summed E-state index contributed by atoms with van der Waals surface area (Å²) in [6.45, 7) is 1.80. The standard InChI is InChI=1S/C29H33NO4/c1-22(2)30(29(33)25-18-16-24(17-19-25)23-11-5-3-6-12-23)21-26-13-8-9-14-27(26)34-20-10-4-7-15-28(31)32/h3,5-6,8-9,11-14,16-19,22H,4,7,10,15,20-21H2,1-2H3,(H,31,32)/i21D2. The Bertz CT molecular complexity index is 1150. The van der Waals surface area contributed by atoms with Crippen molar-refractivity contribution in [3.8, 4) is 16.9 Å². The average Bonchev–Trinajstić information content (AvgIpc) is 2.86. The summed E-state index contributed by atoms with van der Waals surface area (Å²) in [6, 6.07) is 23.5. The fraction of sp³-hybridized carbons (Fsp3) is 0.310. The van der Waals surface area contributed by atoms with Gasteiger partial charge in [-0.2, -0.15) is 0 Å². The van der Waals surface area contributed by atoms with Crippen LogP contribution in [0, 0.1) is 0 Å². The third kappa shape index (κ3) is 7.20. The molecule has 0 radical (unpaired) electrons. The monoisotopic (exact) mass is 461 g/mol. The van der Waals surface area contributed by atoms with Crippen LogP contribution in [-0.2, 0) is 11.3 Å². The number of carbonyl (C=O) groups is 2. The molecule has 0 fully saturated rings. The van der Waals surface area contributed by atoms with Gasteiger partial charge in [0.25, 0.3) is 5.91 Å². The van der Waals surface area contributed by atoms with Crippen molar-refractivity contribution in [2.75, 3.05) is 6.61 Å². The zero-order chi connectivity index (χ0) is 26.1. The Morgan fingerprint density at radius 1 is 0.882 bits per heavy atom. The molecule has 0 aliphatic heterocycles. The smallest absolute Gasteiger partial charge is 0.303 e. The van der Waals surface area contributed by atoms with E-state index in [1.165, 1.54) is 4.90 Å². The fourth-order valence-electron chi connectivity index (χ4n) is 3.54. The summed E-state index contributed by atoms with van der Waals surface area (Å²) in [5, 5.41) is 8.76. The molecular formula is C29H33NO4. The van der Waals surface area contributed by atoms with Crippen molar-refractivity contribution in [3.05, 3.63) is 90.0 Å². The maximum atomic E-state index is 13.5. The predicted molar refractivity (Wildman–Crippen MR) is 135 cm³/mol. The molecule has 0 aliphatic carbocycles. The lowest BCUT2D eigenvalue weighted by molar-refractivity contribution is -0.137. The highest BCUT2D eigenvalue weighted by molar-refractivity contribution is 5.95. The molecule has 0 aromatic heterocycles. The number of carbonyl (C=O) groups excluding carboxylic acids is 1. The Hall–Kier alpha value is -3.60. The van der Waals surface area contributed by atoms with E-state index >= 15 is 0 Å². The van der Waals surface area contributed by atoms with Gasteiger partial charge in [-0.15, -0.1) is 0 Å². The van der Waals surface area contributed by atoms with E-state index in [0.717, 1.165) is 11.1 Å². The quantitative estimate of drug-likeness (QED) is 0.316. The van der Waals surface area contributed by atoms with Gasteiger partial charge in [0.15, 0.2) is 0 Å².